The molecule has 22 heavy (non-hydrogen) atoms. The highest BCUT2D eigenvalue weighted by Gasteiger charge is 2.28. The first-order valence-electron chi connectivity index (χ1n) is 7.37. The summed E-state index contributed by atoms with van der Waals surface area (Å²) >= 11 is 1.86. The predicted molar refractivity (Wildman–Crippen MR) is 80.9 cm³/mol. The van der Waals surface area contributed by atoms with Gasteiger partial charge < -0.3 is 9.42 Å². The van der Waals surface area contributed by atoms with E-state index in [0.717, 1.165) is 25.1 Å². The van der Waals surface area contributed by atoms with Crippen molar-refractivity contribution in [3.8, 4) is 11.6 Å². The first-order valence-corrected chi connectivity index (χ1v) is 8.42. The Bertz CT molecular complexity index is 614. The molecular weight excluding hydrogens is 304 g/mol. The number of nitrogens with one attached hydrogen (secondary N) is 1. The largest absolute Gasteiger partial charge is 0.339 e. The number of hydrogen-bond acceptors (Lipinski definition) is 7. The van der Waals surface area contributed by atoms with Gasteiger partial charge in [-0.2, -0.15) is 10.1 Å². The van der Waals surface area contributed by atoms with Gasteiger partial charge in [-0.1, -0.05) is 18.5 Å². The van der Waals surface area contributed by atoms with Crippen LogP contribution >= 0.6 is 11.8 Å². The first-order chi connectivity index (χ1) is 10.8. The van der Waals surface area contributed by atoms with Crippen LogP contribution in [0.1, 0.15) is 32.1 Å². The summed E-state index contributed by atoms with van der Waals surface area (Å²) in [4.78, 5) is 22.5. The van der Waals surface area contributed by atoms with Crippen molar-refractivity contribution < 1.29 is 9.32 Å². The number of carbonyl (C=O) groups excluding carboxylic acids is 1. The minimum Gasteiger partial charge on any atom is -0.339 e. The summed E-state index contributed by atoms with van der Waals surface area (Å²) in [7, 11) is 0. The van der Waals surface area contributed by atoms with Crippen LogP contribution in [0.4, 0.5) is 0 Å². The van der Waals surface area contributed by atoms with E-state index in [1.807, 2.05) is 16.7 Å². The van der Waals surface area contributed by atoms with Crippen molar-refractivity contribution in [1.29, 1.82) is 0 Å². The molecule has 2 aromatic rings. The number of thioether (sulfide) groups is 1. The summed E-state index contributed by atoms with van der Waals surface area (Å²) in [6.45, 7) is 2.98. The molecule has 0 bridgehead atoms. The molecule has 1 aliphatic rings. The molecule has 1 fully saturated rings. The zero-order chi connectivity index (χ0) is 15.4. The number of aromatic nitrogens is 5. The van der Waals surface area contributed by atoms with Crippen LogP contribution in [0.3, 0.4) is 0 Å². The van der Waals surface area contributed by atoms with E-state index in [-0.39, 0.29) is 5.91 Å². The molecule has 0 aromatic carbocycles. The van der Waals surface area contributed by atoms with Crippen LogP contribution in [-0.4, -0.2) is 53.8 Å². The quantitative estimate of drug-likeness (QED) is 0.859. The lowest BCUT2D eigenvalue weighted by molar-refractivity contribution is -0.131. The van der Waals surface area contributed by atoms with Gasteiger partial charge in [-0.05, 0) is 6.42 Å². The Balaban J connectivity index is 1.55. The maximum Gasteiger partial charge on any atom is 0.239 e. The van der Waals surface area contributed by atoms with Crippen molar-refractivity contribution >= 4 is 17.7 Å². The SMILES string of the molecule is CCC[C@H]1SCCN1C(=O)CCc1nc(-c2ncn[nH]2)no1. The lowest BCUT2D eigenvalue weighted by Crippen LogP contribution is -2.34. The van der Waals surface area contributed by atoms with Gasteiger partial charge in [-0.25, -0.2) is 4.98 Å². The third kappa shape index (κ3) is 3.29. The number of carbonyl (C=O) groups is 1. The van der Waals surface area contributed by atoms with Gasteiger partial charge in [-0.3, -0.25) is 9.89 Å². The molecule has 9 heteroatoms. The normalized spacial score (nSPS) is 18.0. The van der Waals surface area contributed by atoms with Gasteiger partial charge in [0.05, 0.1) is 5.37 Å². The molecule has 118 valence electrons. The molecule has 3 heterocycles. The maximum absolute atomic E-state index is 12.3. The second-order valence-electron chi connectivity index (χ2n) is 5.05. The molecule has 0 spiro atoms. The standard InChI is InChI=1S/C13H18N6O2S/c1-2-3-11-19(6-7-22-11)10(20)5-4-9-16-13(18-21-9)12-14-8-15-17-12/h8,11H,2-7H2,1H3,(H,14,15,17)/t11-/m1/s1. The van der Waals surface area contributed by atoms with E-state index in [1.54, 1.807) is 0 Å². The summed E-state index contributed by atoms with van der Waals surface area (Å²) in [5.41, 5.74) is 0. The molecule has 8 nitrogen and oxygen atoms in total. The third-order valence-corrected chi connectivity index (χ3v) is 4.79. The molecule has 0 radical (unpaired) electrons. The van der Waals surface area contributed by atoms with E-state index in [2.05, 4.69) is 32.2 Å². The van der Waals surface area contributed by atoms with E-state index in [1.165, 1.54) is 6.33 Å². The van der Waals surface area contributed by atoms with Gasteiger partial charge in [0.2, 0.25) is 17.6 Å². The van der Waals surface area contributed by atoms with Crippen molar-refractivity contribution in [3.05, 3.63) is 12.2 Å². The van der Waals surface area contributed by atoms with Gasteiger partial charge >= 0.3 is 0 Å². The molecule has 1 atom stereocenters. The monoisotopic (exact) mass is 322 g/mol. The minimum atomic E-state index is 0.155. The summed E-state index contributed by atoms with van der Waals surface area (Å²) in [6.07, 6.45) is 4.35. The van der Waals surface area contributed by atoms with Gasteiger partial charge in [0.25, 0.3) is 0 Å². The Morgan fingerprint density at radius 1 is 1.59 bits per heavy atom. The topological polar surface area (TPSA) is 101 Å². The van der Waals surface area contributed by atoms with Crippen LogP contribution in [0.2, 0.25) is 0 Å². The number of H-pyrrole nitrogens is 1. The van der Waals surface area contributed by atoms with Gasteiger partial charge in [-0.15, -0.1) is 11.8 Å². The number of amides is 1. The summed E-state index contributed by atoms with van der Waals surface area (Å²) in [6, 6.07) is 0. The van der Waals surface area contributed by atoms with Gasteiger partial charge in [0.1, 0.15) is 6.33 Å². The predicted octanol–water partition coefficient (Wildman–Crippen LogP) is 1.49. The molecule has 0 aliphatic carbocycles. The lowest BCUT2D eigenvalue weighted by atomic mass is 10.2. The van der Waals surface area contributed by atoms with Gasteiger partial charge in [0.15, 0.2) is 5.82 Å². The lowest BCUT2D eigenvalue weighted by Gasteiger charge is -2.23. The van der Waals surface area contributed by atoms with E-state index < -0.39 is 0 Å². The maximum atomic E-state index is 12.3. The van der Waals surface area contributed by atoms with Crippen LogP contribution in [0.15, 0.2) is 10.9 Å². The van der Waals surface area contributed by atoms with Crippen LogP contribution in [0, 0.1) is 0 Å². The molecule has 0 unspecified atom stereocenters. The van der Waals surface area contributed by atoms with E-state index in [0.29, 0.717) is 35.8 Å². The smallest absolute Gasteiger partial charge is 0.239 e. The highest BCUT2D eigenvalue weighted by molar-refractivity contribution is 8.00. The molecule has 1 amide bonds. The summed E-state index contributed by atoms with van der Waals surface area (Å²) < 4.78 is 5.15. The third-order valence-electron chi connectivity index (χ3n) is 3.49. The van der Waals surface area contributed by atoms with Crippen molar-refractivity contribution in [2.75, 3.05) is 12.3 Å². The van der Waals surface area contributed by atoms with Crippen molar-refractivity contribution in [1.82, 2.24) is 30.2 Å². The minimum absolute atomic E-state index is 0.155. The number of rotatable bonds is 6. The van der Waals surface area contributed by atoms with Crippen molar-refractivity contribution in [3.63, 3.8) is 0 Å². The summed E-state index contributed by atoms with van der Waals surface area (Å²) in [5, 5.41) is 10.6. The van der Waals surface area contributed by atoms with Gasteiger partial charge in [0, 0.05) is 25.1 Å². The van der Waals surface area contributed by atoms with E-state index in [4.69, 9.17) is 4.52 Å². The number of aromatic amines is 1. The molecule has 1 saturated heterocycles. The molecular formula is C13H18N6O2S. The first kappa shape index (κ1) is 15.0. The zero-order valence-corrected chi connectivity index (χ0v) is 13.2. The molecule has 3 rings (SSSR count). The van der Waals surface area contributed by atoms with Crippen LogP contribution in [0.25, 0.3) is 11.6 Å². The van der Waals surface area contributed by atoms with Crippen LogP contribution < -0.4 is 0 Å². The van der Waals surface area contributed by atoms with E-state index in [9.17, 15) is 4.79 Å². The van der Waals surface area contributed by atoms with Crippen LogP contribution in [-0.2, 0) is 11.2 Å². The highest BCUT2D eigenvalue weighted by atomic mass is 32.2. The number of aryl methyl sites for hydroxylation is 1. The second-order valence-corrected chi connectivity index (χ2v) is 6.33. The zero-order valence-electron chi connectivity index (χ0n) is 12.4. The fourth-order valence-corrected chi connectivity index (χ4v) is 3.80. The summed E-state index contributed by atoms with van der Waals surface area (Å²) in [5.74, 6) is 2.44. The Labute approximate surface area is 132 Å². The Kier molecular flexibility index (Phi) is 4.71. The Hall–Kier alpha value is -1.90. The molecule has 1 N–H and O–H groups in total. The molecule has 2 aromatic heterocycles. The Morgan fingerprint density at radius 2 is 2.50 bits per heavy atom. The fraction of sp³-hybridized carbons (Fsp3) is 0.615. The average molecular weight is 322 g/mol. The molecule has 0 saturated carbocycles. The van der Waals surface area contributed by atoms with Crippen molar-refractivity contribution in [2.24, 2.45) is 0 Å². The molecule has 1 aliphatic heterocycles. The Morgan fingerprint density at radius 3 is 3.27 bits per heavy atom. The average Bonchev–Trinajstić information content (AvgIpc) is 3.25. The van der Waals surface area contributed by atoms with E-state index >= 15 is 0 Å². The second kappa shape index (κ2) is 6.91. The highest BCUT2D eigenvalue weighted by Crippen LogP contribution is 2.28. The van der Waals surface area contributed by atoms with Crippen molar-refractivity contribution in [2.45, 2.75) is 38.0 Å². The fourth-order valence-electron chi connectivity index (χ4n) is 2.42. The van der Waals surface area contributed by atoms with Crippen LogP contribution in [0.5, 0.6) is 0 Å². The number of nitrogens with zero attached hydrogens (tertiary/aromatic N) is 5. The number of hydrogen-bond donors (Lipinski definition) is 1.